The number of alkyl halides is 2. The number of fused-ring (bicyclic) bond motifs is 1. The van der Waals surface area contributed by atoms with Crippen molar-refractivity contribution >= 4 is 5.97 Å². The van der Waals surface area contributed by atoms with Crippen molar-refractivity contribution in [3.8, 4) is 5.75 Å². The number of ether oxygens (including phenoxy) is 3. The first kappa shape index (κ1) is 25.6. The van der Waals surface area contributed by atoms with Crippen molar-refractivity contribution in [2.75, 3.05) is 13.2 Å². The van der Waals surface area contributed by atoms with Crippen LogP contribution in [0.15, 0.2) is 42.5 Å². The quantitative estimate of drug-likeness (QED) is 0.381. The second-order valence-electron chi connectivity index (χ2n) is 9.51. The molecule has 2 aliphatic rings. The number of halogens is 2. The van der Waals surface area contributed by atoms with Crippen molar-refractivity contribution in [1.29, 1.82) is 0 Å². The Morgan fingerprint density at radius 3 is 2.76 bits per heavy atom. The van der Waals surface area contributed by atoms with E-state index in [4.69, 9.17) is 14.2 Å². The van der Waals surface area contributed by atoms with Gasteiger partial charge in [0.15, 0.2) is 6.61 Å². The van der Waals surface area contributed by atoms with Crippen molar-refractivity contribution < 1.29 is 32.9 Å². The molecule has 0 unspecified atom stereocenters. The van der Waals surface area contributed by atoms with E-state index in [2.05, 4.69) is 0 Å². The van der Waals surface area contributed by atoms with E-state index in [-0.39, 0.29) is 30.0 Å². The third-order valence-electron chi connectivity index (χ3n) is 6.44. The predicted octanol–water partition coefficient (Wildman–Crippen LogP) is 5.17. The Bertz CT molecular complexity index is 767. The smallest absolute Gasteiger partial charge is 0.306 e. The molecular formula is C26H36F2O5. The van der Waals surface area contributed by atoms with Crippen LogP contribution in [0.4, 0.5) is 8.78 Å². The topological polar surface area (TPSA) is 65.0 Å². The number of hydrogen-bond donors (Lipinski definition) is 1. The molecule has 33 heavy (non-hydrogen) atoms. The van der Waals surface area contributed by atoms with Gasteiger partial charge in [-0.25, -0.2) is 0 Å². The number of hydrogen-bond acceptors (Lipinski definition) is 5. The third kappa shape index (κ3) is 8.07. The molecule has 1 saturated carbocycles. The lowest BCUT2D eigenvalue weighted by molar-refractivity contribution is -0.147. The van der Waals surface area contributed by atoms with Crippen molar-refractivity contribution in [1.82, 2.24) is 0 Å². The minimum Gasteiger partial charge on any atom is -0.487 e. The van der Waals surface area contributed by atoms with E-state index >= 15 is 0 Å². The van der Waals surface area contributed by atoms with Gasteiger partial charge in [-0.2, -0.15) is 8.78 Å². The molecule has 5 nitrogen and oxygen atoms in total. The summed E-state index contributed by atoms with van der Waals surface area (Å²) in [5.41, 5.74) is 0. The van der Waals surface area contributed by atoms with Crippen LogP contribution in [0.5, 0.6) is 5.75 Å². The summed E-state index contributed by atoms with van der Waals surface area (Å²) in [5, 5.41) is 10.5. The van der Waals surface area contributed by atoms with Crippen LogP contribution in [0.2, 0.25) is 0 Å². The molecule has 1 N–H and O–H groups in total. The van der Waals surface area contributed by atoms with E-state index in [9.17, 15) is 18.7 Å². The van der Waals surface area contributed by atoms with Gasteiger partial charge >= 0.3 is 5.97 Å². The molecule has 1 aliphatic heterocycles. The maximum absolute atomic E-state index is 14.4. The largest absolute Gasteiger partial charge is 0.487 e. The number of benzene rings is 1. The number of rotatable bonds is 10. The highest BCUT2D eigenvalue weighted by molar-refractivity contribution is 5.69. The van der Waals surface area contributed by atoms with Crippen LogP contribution in [0.1, 0.15) is 52.4 Å². The molecule has 0 bridgehead atoms. The Hall–Kier alpha value is -1.99. The first-order valence-corrected chi connectivity index (χ1v) is 12.0. The minimum atomic E-state index is -3.13. The molecule has 1 heterocycles. The molecule has 0 radical (unpaired) electrons. The van der Waals surface area contributed by atoms with E-state index in [1.807, 2.05) is 13.8 Å². The minimum absolute atomic E-state index is 0.0120. The zero-order valence-electron chi connectivity index (χ0n) is 19.5. The highest BCUT2D eigenvalue weighted by Gasteiger charge is 2.44. The summed E-state index contributed by atoms with van der Waals surface area (Å²) in [6.07, 6.45) is 5.57. The Kier molecular flexibility index (Phi) is 9.27. The molecule has 0 amide bonds. The number of esters is 1. The molecule has 7 heteroatoms. The summed E-state index contributed by atoms with van der Waals surface area (Å²) in [7, 11) is 0. The molecule has 1 aromatic carbocycles. The summed E-state index contributed by atoms with van der Waals surface area (Å²) < 4.78 is 45.2. The van der Waals surface area contributed by atoms with Gasteiger partial charge in [-0.15, -0.1) is 0 Å². The van der Waals surface area contributed by atoms with Crippen LogP contribution < -0.4 is 4.74 Å². The summed E-state index contributed by atoms with van der Waals surface area (Å²) >= 11 is 0. The van der Waals surface area contributed by atoms with E-state index in [0.29, 0.717) is 31.1 Å². The van der Waals surface area contributed by atoms with Crippen LogP contribution in [0, 0.1) is 17.8 Å². The monoisotopic (exact) mass is 466 g/mol. The molecule has 3 rings (SSSR count). The lowest BCUT2D eigenvalue weighted by Crippen LogP contribution is -2.25. The SMILES string of the molecule is CC(C)OC(=O)CCC[C@H]1CC[C@@H]2[C@@H](C=CC(F)(F)COc3ccccc3)[C@H](O)C[C@@H]2OC1. The Morgan fingerprint density at radius 2 is 2.03 bits per heavy atom. The number of aliphatic hydroxyl groups excluding tert-OH is 1. The van der Waals surface area contributed by atoms with Crippen LogP contribution >= 0.6 is 0 Å². The van der Waals surface area contributed by atoms with Gasteiger partial charge in [0.25, 0.3) is 5.92 Å². The second-order valence-corrected chi connectivity index (χ2v) is 9.51. The normalized spacial score (nSPS) is 28.0. The fourth-order valence-corrected chi connectivity index (χ4v) is 4.80. The zero-order chi connectivity index (χ0) is 23.8. The molecule has 0 aromatic heterocycles. The molecular weight excluding hydrogens is 430 g/mol. The molecule has 1 aliphatic carbocycles. The van der Waals surface area contributed by atoms with Crippen molar-refractivity contribution in [2.45, 2.75) is 76.6 Å². The first-order valence-electron chi connectivity index (χ1n) is 12.0. The number of para-hydroxylation sites is 1. The second kappa shape index (κ2) is 11.9. The first-order chi connectivity index (χ1) is 15.7. The summed E-state index contributed by atoms with van der Waals surface area (Å²) in [5.74, 6) is -2.94. The molecule has 0 spiro atoms. The molecule has 2 fully saturated rings. The fourth-order valence-electron chi connectivity index (χ4n) is 4.80. The Morgan fingerprint density at radius 1 is 1.27 bits per heavy atom. The summed E-state index contributed by atoms with van der Waals surface area (Å²) in [4.78, 5) is 11.7. The maximum Gasteiger partial charge on any atom is 0.306 e. The van der Waals surface area contributed by atoms with Gasteiger partial charge in [0.2, 0.25) is 0 Å². The van der Waals surface area contributed by atoms with Gasteiger partial charge in [0.1, 0.15) is 5.75 Å². The molecule has 5 atom stereocenters. The lowest BCUT2D eigenvalue weighted by Gasteiger charge is -2.21. The fraction of sp³-hybridized carbons (Fsp3) is 0.654. The average molecular weight is 467 g/mol. The van der Waals surface area contributed by atoms with E-state index in [1.165, 1.54) is 6.08 Å². The van der Waals surface area contributed by atoms with Crippen LogP contribution in [-0.4, -0.2) is 48.5 Å². The van der Waals surface area contributed by atoms with Crippen molar-refractivity contribution in [3.63, 3.8) is 0 Å². The molecule has 1 saturated heterocycles. The summed E-state index contributed by atoms with van der Waals surface area (Å²) in [6, 6.07) is 8.53. The van der Waals surface area contributed by atoms with Gasteiger partial charge in [0, 0.05) is 25.4 Å². The van der Waals surface area contributed by atoms with Gasteiger partial charge in [-0.05, 0) is 69.6 Å². The van der Waals surface area contributed by atoms with Crippen molar-refractivity contribution in [3.05, 3.63) is 42.5 Å². The van der Waals surface area contributed by atoms with Crippen molar-refractivity contribution in [2.24, 2.45) is 17.8 Å². The van der Waals surface area contributed by atoms with E-state index in [0.717, 1.165) is 31.8 Å². The van der Waals surface area contributed by atoms with Crippen LogP contribution in [0.25, 0.3) is 0 Å². The third-order valence-corrected chi connectivity index (χ3v) is 6.44. The number of carbonyl (C=O) groups is 1. The van der Waals surface area contributed by atoms with Gasteiger partial charge in [0.05, 0.1) is 18.3 Å². The zero-order valence-corrected chi connectivity index (χ0v) is 19.5. The highest BCUT2D eigenvalue weighted by Crippen LogP contribution is 2.42. The lowest BCUT2D eigenvalue weighted by atomic mass is 9.86. The standard InChI is InChI=1S/C26H36F2O5/c1-18(2)33-25(30)10-6-7-19-11-12-22-21(23(29)15-24(22)31-16-19)13-14-26(27,28)17-32-20-8-4-3-5-9-20/h3-5,8-9,13-14,18-19,21-24,29H,6-7,10-12,15-17H2,1-2H3/t19-,21+,22+,23+,24-/m0/s1. The van der Waals surface area contributed by atoms with E-state index in [1.54, 1.807) is 30.3 Å². The van der Waals surface area contributed by atoms with Gasteiger partial charge in [-0.3, -0.25) is 4.79 Å². The summed E-state index contributed by atoms with van der Waals surface area (Å²) in [6.45, 7) is 3.50. The van der Waals surface area contributed by atoms with Crippen LogP contribution in [0.3, 0.4) is 0 Å². The Labute approximate surface area is 195 Å². The average Bonchev–Trinajstić information content (AvgIpc) is 2.93. The predicted molar refractivity (Wildman–Crippen MR) is 121 cm³/mol. The maximum atomic E-state index is 14.4. The molecule has 1 aromatic rings. The number of carbonyl (C=O) groups excluding carboxylic acids is 1. The van der Waals surface area contributed by atoms with Gasteiger partial charge in [-0.1, -0.05) is 24.3 Å². The Balaban J connectivity index is 1.49. The van der Waals surface area contributed by atoms with E-state index < -0.39 is 18.6 Å². The van der Waals surface area contributed by atoms with Gasteiger partial charge < -0.3 is 19.3 Å². The number of aliphatic hydroxyl groups is 1. The van der Waals surface area contributed by atoms with Crippen LogP contribution in [-0.2, 0) is 14.3 Å². The highest BCUT2D eigenvalue weighted by atomic mass is 19.3. The molecule has 184 valence electrons.